The van der Waals surface area contributed by atoms with Crippen LogP contribution < -0.4 is 5.32 Å². The first-order valence-corrected chi connectivity index (χ1v) is 4.50. The Kier molecular flexibility index (Phi) is 2.71. The van der Waals surface area contributed by atoms with E-state index in [2.05, 4.69) is 30.3 Å². The maximum absolute atomic E-state index is 9.04. The summed E-state index contributed by atoms with van der Waals surface area (Å²) in [6, 6.07) is 2.90. The van der Waals surface area contributed by atoms with Gasteiger partial charge in [-0.05, 0) is 26.9 Å². The zero-order chi connectivity index (χ0) is 9.19. The quantitative estimate of drug-likeness (QED) is 0.654. The highest BCUT2D eigenvalue weighted by molar-refractivity contribution is 5.14. The molecule has 0 radical (unpaired) electrons. The normalized spacial score (nSPS) is 36.7. The van der Waals surface area contributed by atoms with Crippen molar-refractivity contribution in [3.63, 3.8) is 0 Å². The number of hydrogen-bond donors (Lipinski definition) is 1. The smallest absolute Gasteiger partial charge is 0.121 e. The standard InChI is InChI=1S/C9H17N3/c1-4-11-9(6-10)5-8(2)12(3)7-9/h8,11H,4-5,7H2,1-3H3. The molecule has 0 spiro atoms. The Morgan fingerprint density at radius 2 is 2.42 bits per heavy atom. The van der Waals surface area contributed by atoms with Crippen molar-refractivity contribution in [2.24, 2.45) is 0 Å². The molecule has 0 aromatic heterocycles. The Morgan fingerprint density at radius 3 is 2.75 bits per heavy atom. The first kappa shape index (κ1) is 9.50. The number of rotatable bonds is 2. The molecular formula is C9H17N3. The molecule has 0 aromatic rings. The summed E-state index contributed by atoms with van der Waals surface area (Å²) in [7, 11) is 2.07. The second kappa shape index (κ2) is 3.42. The Labute approximate surface area is 74.4 Å². The number of nitrogens with zero attached hydrogens (tertiary/aromatic N) is 2. The van der Waals surface area contributed by atoms with Gasteiger partial charge in [0.15, 0.2) is 0 Å². The molecule has 1 N–H and O–H groups in total. The molecule has 1 saturated heterocycles. The molecular weight excluding hydrogens is 150 g/mol. The van der Waals surface area contributed by atoms with Gasteiger partial charge in [-0.2, -0.15) is 5.26 Å². The van der Waals surface area contributed by atoms with Crippen molar-refractivity contribution in [2.45, 2.75) is 31.8 Å². The van der Waals surface area contributed by atoms with E-state index in [0.717, 1.165) is 19.5 Å². The Bertz CT molecular complexity index is 184. The van der Waals surface area contributed by atoms with Crippen molar-refractivity contribution in [2.75, 3.05) is 20.1 Å². The molecule has 0 aliphatic carbocycles. The third-order valence-corrected chi connectivity index (χ3v) is 2.64. The summed E-state index contributed by atoms with van der Waals surface area (Å²) >= 11 is 0. The van der Waals surface area contributed by atoms with Crippen LogP contribution in [0, 0.1) is 11.3 Å². The van der Waals surface area contributed by atoms with Crippen molar-refractivity contribution < 1.29 is 0 Å². The number of nitriles is 1. The van der Waals surface area contributed by atoms with Crippen LogP contribution in [-0.4, -0.2) is 36.6 Å². The second-order valence-electron chi connectivity index (χ2n) is 3.69. The van der Waals surface area contributed by atoms with Gasteiger partial charge >= 0.3 is 0 Å². The zero-order valence-corrected chi connectivity index (χ0v) is 8.09. The van der Waals surface area contributed by atoms with Crippen molar-refractivity contribution in [1.29, 1.82) is 5.26 Å². The van der Waals surface area contributed by atoms with E-state index in [4.69, 9.17) is 5.26 Å². The number of hydrogen-bond acceptors (Lipinski definition) is 3. The van der Waals surface area contributed by atoms with Crippen LogP contribution in [0.3, 0.4) is 0 Å². The van der Waals surface area contributed by atoms with Crippen LogP contribution in [0.15, 0.2) is 0 Å². The molecule has 0 bridgehead atoms. The van der Waals surface area contributed by atoms with Gasteiger partial charge in [-0.25, -0.2) is 0 Å². The Hall–Kier alpha value is -0.590. The molecule has 1 aliphatic rings. The lowest BCUT2D eigenvalue weighted by Crippen LogP contribution is -2.45. The molecule has 2 atom stereocenters. The molecule has 1 heterocycles. The summed E-state index contributed by atoms with van der Waals surface area (Å²) in [5.74, 6) is 0. The van der Waals surface area contributed by atoms with Gasteiger partial charge in [0.05, 0.1) is 6.07 Å². The minimum Gasteiger partial charge on any atom is -0.301 e. The molecule has 0 amide bonds. The van der Waals surface area contributed by atoms with E-state index < -0.39 is 0 Å². The zero-order valence-electron chi connectivity index (χ0n) is 8.09. The highest BCUT2D eigenvalue weighted by Crippen LogP contribution is 2.24. The van der Waals surface area contributed by atoms with E-state index >= 15 is 0 Å². The maximum atomic E-state index is 9.04. The SMILES string of the molecule is CCNC1(C#N)CC(C)N(C)C1. The third-order valence-electron chi connectivity index (χ3n) is 2.64. The fourth-order valence-electron chi connectivity index (χ4n) is 1.89. The van der Waals surface area contributed by atoms with E-state index in [9.17, 15) is 0 Å². The highest BCUT2D eigenvalue weighted by Gasteiger charge is 2.40. The van der Waals surface area contributed by atoms with Gasteiger partial charge in [-0.3, -0.25) is 5.32 Å². The summed E-state index contributed by atoms with van der Waals surface area (Å²) < 4.78 is 0. The topological polar surface area (TPSA) is 39.1 Å². The van der Waals surface area contributed by atoms with Crippen LogP contribution in [0.2, 0.25) is 0 Å². The van der Waals surface area contributed by atoms with Crippen LogP contribution in [0.1, 0.15) is 20.3 Å². The van der Waals surface area contributed by atoms with Crippen LogP contribution in [0.4, 0.5) is 0 Å². The summed E-state index contributed by atoms with van der Waals surface area (Å²) in [6.45, 7) is 5.92. The van der Waals surface area contributed by atoms with E-state index in [-0.39, 0.29) is 5.54 Å². The molecule has 1 fully saturated rings. The first-order chi connectivity index (χ1) is 5.63. The fourth-order valence-corrected chi connectivity index (χ4v) is 1.89. The van der Waals surface area contributed by atoms with Gasteiger partial charge in [0.1, 0.15) is 5.54 Å². The predicted octanol–water partition coefficient (Wildman–Crippen LogP) is 0.582. The minimum absolute atomic E-state index is 0.289. The van der Waals surface area contributed by atoms with Crippen molar-refractivity contribution in [3.05, 3.63) is 0 Å². The molecule has 0 saturated carbocycles. The number of nitrogens with one attached hydrogen (secondary N) is 1. The summed E-state index contributed by atoms with van der Waals surface area (Å²) in [6.07, 6.45) is 0.938. The molecule has 1 aliphatic heterocycles. The van der Waals surface area contributed by atoms with Gasteiger partial charge in [0.25, 0.3) is 0 Å². The second-order valence-corrected chi connectivity index (χ2v) is 3.69. The van der Waals surface area contributed by atoms with Crippen molar-refractivity contribution in [3.8, 4) is 6.07 Å². The van der Waals surface area contributed by atoms with Gasteiger partial charge in [0.2, 0.25) is 0 Å². The molecule has 12 heavy (non-hydrogen) atoms. The van der Waals surface area contributed by atoms with E-state index in [1.807, 2.05) is 6.92 Å². The molecule has 2 unspecified atom stereocenters. The van der Waals surface area contributed by atoms with Crippen LogP contribution >= 0.6 is 0 Å². The average Bonchev–Trinajstić information content (AvgIpc) is 2.30. The number of likely N-dealkylation sites (N-methyl/N-ethyl adjacent to an activating group) is 2. The lowest BCUT2D eigenvalue weighted by molar-refractivity contribution is 0.320. The Morgan fingerprint density at radius 1 is 1.75 bits per heavy atom. The van der Waals surface area contributed by atoms with Crippen LogP contribution in [0.25, 0.3) is 0 Å². The summed E-state index contributed by atoms with van der Waals surface area (Å²) in [5, 5.41) is 12.3. The lowest BCUT2D eigenvalue weighted by Gasteiger charge is -2.20. The maximum Gasteiger partial charge on any atom is 0.121 e. The highest BCUT2D eigenvalue weighted by atomic mass is 15.2. The van der Waals surface area contributed by atoms with Gasteiger partial charge in [-0.1, -0.05) is 6.92 Å². The predicted molar refractivity (Wildman–Crippen MR) is 48.7 cm³/mol. The van der Waals surface area contributed by atoms with Crippen LogP contribution in [-0.2, 0) is 0 Å². The molecule has 68 valence electrons. The molecule has 0 aromatic carbocycles. The summed E-state index contributed by atoms with van der Waals surface area (Å²) in [4.78, 5) is 2.23. The van der Waals surface area contributed by atoms with E-state index in [1.54, 1.807) is 0 Å². The monoisotopic (exact) mass is 167 g/mol. The third kappa shape index (κ3) is 1.60. The fraction of sp³-hybridized carbons (Fsp3) is 0.889. The van der Waals surface area contributed by atoms with Crippen molar-refractivity contribution >= 4 is 0 Å². The first-order valence-electron chi connectivity index (χ1n) is 4.50. The van der Waals surface area contributed by atoms with Gasteiger partial charge < -0.3 is 4.90 Å². The lowest BCUT2D eigenvalue weighted by atomic mass is 9.98. The van der Waals surface area contributed by atoms with E-state index in [0.29, 0.717) is 6.04 Å². The number of likely N-dealkylation sites (tertiary alicyclic amines) is 1. The van der Waals surface area contributed by atoms with Crippen LogP contribution in [0.5, 0.6) is 0 Å². The Balaban J connectivity index is 2.66. The summed E-state index contributed by atoms with van der Waals surface area (Å²) in [5.41, 5.74) is -0.289. The molecule has 1 rings (SSSR count). The van der Waals surface area contributed by atoms with Gasteiger partial charge in [0, 0.05) is 12.6 Å². The average molecular weight is 167 g/mol. The van der Waals surface area contributed by atoms with E-state index in [1.165, 1.54) is 0 Å². The molecule has 3 heteroatoms. The molecule has 3 nitrogen and oxygen atoms in total. The largest absolute Gasteiger partial charge is 0.301 e. The van der Waals surface area contributed by atoms with Crippen molar-refractivity contribution in [1.82, 2.24) is 10.2 Å². The minimum atomic E-state index is -0.289. The van der Waals surface area contributed by atoms with Gasteiger partial charge in [-0.15, -0.1) is 0 Å².